The Morgan fingerprint density at radius 1 is 0.897 bits per heavy atom. The zero-order valence-corrected chi connectivity index (χ0v) is 16.3. The van der Waals surface area contributed by atoms with Crippen LogP contribution in [0.5, 0.6) is 17.2 Å². The molecule has 29 heavy (non-hydrogen) atoms. The van der Waals surface area contributed by atoms with Gasteiger partial charge in [-0.05, 0) is 30.3 Å². The highest BCUT2D eigenvalue weighted by Gasteiger charge is 2.13. The molecule has 0 saturated carbocycles. The number of hydrogen-bond acceptors (Lipinski definition) is 7. The maximum absolute atomic E-state index is 12.0. The summed E-state index contributed by atoms with van der Waals surface area (Å²) in [5.74, 6) is -0.316. The number of benzene rings is 2. The molecule has 0 aliphatic heterocycles. The van der Waals surface area contributed by atoms with Crippen LogP contribution in [0.1, 0.15) is 10.4 Å². The maximum Gasteiger partial charge on any atom is 0.325 e. The lowest BCUT2D eigenvalue weighted by molar-refractivity contribution is -0.146. The number of esters is 1. The number of carbonyl (C=O) groups excluding carboxylic acids is 3. The van der Waals surface area contributed by atoms with Crippen molar-refractivity contribution in [2.24, 2.45) is 0 Å². The molecule has 0 spiro atoms. The lowest BCUT2D eigenvalue weighted by Gasteiger charge is -2.12. The summed E-state index contributed by atoms with van der Waals surface area (Å²) in [6.07, 6.45) is 0. The number of anilines is 1. The molecule has 0 atom stereocenters. The molecule has 0 bridgehead atoms. The summed E-state index contributed by atoms with van der Waals surface area (Å²) in [5, 5.41) is 4.99. The van der Waals surface area contributed by atoms with Crippen molar-refractivity contribution >= 4 is 23.5 Å². The van der Waals surface area contributed by atoms with E-state index in [1.807, 2.05) is 0 Å². The third-order valence-corrected chi connectivity index (χ3v) is 3.77. The molecule has 0 aliphatic rings. The van der Waals surface area contributed by atoms with Crippen molar-refractivity contribution in [2.75, 3.05) is 39.8 Å². The van der Waals surface area contributed by atoms with Gasteiger partial charge in [-0.2, -0.15) is 0 Å². The van der Waals surface area contributed by atoms with Gasteiger partial charge in [0.15, 0.2) is 6.61 Å². The summed E-state index contributed by atoms with van der Waals surface area (Å²) in [5.41, 5.74) is 0.708. The van der Waals surface area contributed by atoms with Crippen molar-refractivity contribution in [3.63, 3.8) is 0 Å². The van der Waals surface area contributed by atoms with Crippen LogP contribution in [0.2, 0.25) is 0 Å². The Hall–Kier alpha value is -3.75. The summed E-state index contributed by atoms with van der Waals surface area (Å²) in [6, 6.07) is 11.4. The highest BCUT2D eigenvalue weighted by Crippen LogP contribution is 2.28. The van der Waals surface area contributed by atoms with E-state index in [0.29, 0.717) is 28.5 Å². The normalized spacial score (nSPS) is 9.90. The second-order valence-corrected chi connectivity index (χ2v) is 5.69. The Bertz CT molecular complexity index is 883. The summed E-state index contributed by atoms with van der Waals surface area (Å²) < 4.78 is 20.2. The molecule has 2 amide bonds. The minimum atomic E-state index is -0.756. The smallest absolute Gasteiger partial charge is 0.325 e. The van der Waals surface area contributed by atoms with Gasteiger partial charge in [0.1, 0.15) is 23.8 Å². The first-order valence-electron chi connectivity index (χ1n) is 8.56. The van der Waals surface area contributed by atoms with Gasteiger partial charge in [-0.25, -0.2) is 0 Å². The van der Waals surface area contributed by atoms with Crippen LogP contribution in [-0.4, -0.2) is 52.3 Å². The standard InChI is InChI=1S/C20H22N2O7/c1-26-14-6-4-5-13(9-14)20(25)21-11-19(24)29-12-18(23)22-16-10-15(27-2)7-8-17(16)28-3/h4-10H,11-12H2,1-3H3,(H,21,25)(H,22,23). The summed E-state index contributed by atoms with van der Waals surface area (Å²) >= 11 is 0. The first-order chi connectivity index (χ1) is 14.0. The largest absolute Gasteiger partial charge is 0.497 e. The third-order valence-electron chi connectivity index (χ3n) is 3.77. The Labute approximate surface area is 167 Å². The fourth-order valence-corrected chi connectivity index (χ4v) is 2.31. The van der Waals surface area contributed by atoms with Gasteiger partial charge in [0.25, 0.3) is 11.8 Å². The number of amides is 2. The van der Waals surface area contributed by atoms with Gasteiger partial charge in [0, 0.05) is 11.6 Å². The minimum absolute atomic E-state index is 0.333. The molecule has 2 aromatic carbocycles. The Balaban J connectivity index is 1.81. The van der Waals surface area contributed by atoms with Gasteiger partial charge in [-0.1, -0.05) is 6.07 Å². The zero-order chi connectivity index (χ0) is 21.2. The van der Waals surface area contributed by atoms with E-state index in [4.69, 9.17) is 18.9 Å². The predicted molar refractivity (Wildman–Crippen MR) is 104 cm³/mol. The fraction of sp³-hybridized carbons (Fsp3) is 0.250. The maximum atomic E-state index is 12.0. The van der Waals surface area contributed by atoms with Gasteiger partial charge >= 0.3 is 5.97 Å². The van der Waals surface area contributed by atoms with Crippen molar-refractivity contribution in [3.05, 3.63) is 48.0 Å². The molecular weight excluding hydrogens is 380 g/mol. The molecule has 0 radical (unpaired) electrons. The summed E-state index contributed by atoms with van der Waals surface area (Å²) in [6.45, 7) is -0.903. The monoisotopic (exact) mass is 402 g/mol. The van der Waals surface area contributed by atoms with Crippen LogP contribution in [0.15, 0.2) is 42.5 Å². The van der Waals surface area contributed by atoms with E-state index in [2.05, 4.69) is 10.6 Å². The third kappa shape index (κ3) is 6.42. The average Bonchev–Trinajstić information content (AvgIpc) is 2.75. The van der Waals surface area contributed by atoms with Gasteiger partial charge in [-0.3, -0.25) is 14.4 Å². The lowest BCUT2D eigenvalue weighted by atomic mass is 10.2. The number of ether oxygens (including phenoxy) is 4. The van der Waals surface area contributed by atoms with Gasteiger partial charge in [0.05, 0.1) is 27.0 Å². The minimum Gasteiger partial charge on any atom is -0.497 e. The highest BCUT2D eigenvalue weighted by atomic mass is 16.5. The molecule has 9 heteroatoms. The van der Waals surface area contributed by atoms with Crippen molar-refractivity contribution in [3.8, 4) is 17.2 Å². The topological polar surface area (TPSA) is 112 Å². The van der Waals surface area contributed by atoms with E-state index >= 15 is 0 Å². The van der Waals surface area contributed by atoms with Crippen LogP contribution in [0, 0.1) is 0 Å². The van der Waals surface area contributed by atoms with Crippen molar-refractivity contribution < 1.29 is 33.3 Å². The number of carbonyl (C=O) groups is 3. The molecule has 9 nitrogen and oxygen atoms in total. The van der Waals surface area contributed by atoms with E-state index in [1.54, 1.807) is 36.4 Å². The lowest BCUT2D eigenvalue weighted by Crippen LogP contribution is -2.32. The van der Waals surface area contributed by atoms with E-state index in [0.717, 1.165) is 0 Å². The van der Waals surface area contributed by atoms with Crippen LogP contribution in [0.25, 0.3) is 0 Å². The number of rotatable bonds is 9. The predicted octanol–water partition coefficient (Wildman–Crippen LogP) is 1.62. The van der Waals surface area contributed by atoms with E-state index in [-0.39, 0.29) is 6.54 Å². The first-order valence-corrected chi connectivity index (χ1v) is 8.56. The van der Waals surface area contributed by atoms with E-state index in [1.165, 1.54) is 27.4 Å². The molecule has 0 heterocycles. The second-order valence-electron chi connectivity index (χ2n) is 5.69. The molecule has 0 unspecified atom stereocenters. The summed E-state index contributed by atoms with van der Waals surface area (Å²) in [4.78, 5) is 35.9. The highest BCUT2D eigenvalue weighted by molar-refractivity contribution is 5.97. The van der Waals surface area contributed by atoms with Gasteiger partial charge in [0.2, 0.25) is 0 Å². The Kier molecular flexibility index (Phi) is 7.84. The second kappa shape index (κ2) is 10.5. The molecule has 2 rings (SSSR count). The Morgan fingerprint density at radius 2 is 1.62 bits per heavy atom. The van der Waals surface area contributed by atoms with Crippen LogP contribution in [0.3, 0.4) is 0 Å². The molecular formula is C20H22N2O7. The van der Waals surface area contributed by atoms with Crippen LogP contribution in [-0.2, 0) is 14.3 Å². The zero-order valence-electron chi connectivity index (χ0n) is 16.3. The van der Waals surface area contributed by atoms with Crippen LogP contribution < -0.4 is 24.8 Å². The molecule has 0 aliphatic carbocycles. The van der Waals surface area contributed by atoms with E-state index in [9.17, 15) is 14.4 Å². The molecule has 0 aromatic heterocycles. The van der Waals surface area contributed by atoms with Crippen LogP contribution in [0.4, 0.5) is 5.69 Å². The van der Waals surface area contributed by atoms with Crippen LogP contribution >= 0.6 is 0 Å². The van der Waals surface area contributed by atoms with Crippen molar-refractivity contribution in [1.82, 2.24) is 5.32 Å². The van der Waals surface area contributed by atoms with Gasteiger partial charge in [-0.15, -0.1) is 0 Å². The molecule has 0 saturated heterocycles. The first kappa shape index (κ1) is 21.5. The summed E-state index contributed by atoms with van der Waals surface area (Å²) in [7, 11) is 4.44. The molecule has 154 valence electrons. The number of methoxy groups -OCH3 is 3. The number of nitrogens with one attached hydrogen (secondary N) is 2. The molecule has 2 aromatic rings. The van der Waals surface area contributed by atoms with E-state index < -0.39 is 24.4 Å². The molecule has 0 fully saturated rings. The van der Waals surface area contributed by atoms with Gasteiger partial charge < -0.3 is 29.6 Å². The fourth-order valence-electron chi connectivity index (χ4n) is 2.31. The van der Waals surface area contributed by atoms with Crippen molar-refractivity contribution in [1.29, 1.82) is 0 Å². The number of hydrogen-bond donors (Lipinski definition) is 2. The van der Waals surface area contributed by atoms with Crippen molar-refractivity contribution in [2.45, 2.75) is 0 Å². The average molecular weight is 402 g/mol. The molecule has 2 N–H and O–H groups in total. The quantitative estimate of drug-likeness (QED) is 0.613. The Morgan fingerprint density at radius 3 is 2.31 bits per heavy atom. The SMILES string of the molecule is COc1cccc(C(=O)NCC(=O)OCC(=O)Nc2cc(OC)ccc2OC)c1.